The molecule has 2 rings (SSSR count). The van der Waals surface area contributed by atoms with Crippen molar-refractivity contribution in [2.45, 2.75) is 6.92 Å². The topological polar surface area (TPSA) is 46.2 Å². The molecule has 0 spiro atoms. The maximum absolute atomic E-state index is 12.9. The molecule has 22 heavy (non-hydrogen) atoms. The molecule has 0 aliphatic carbocycles. The van der Waals surface area contributed by atoms with Gasteiger partial charge in [0.05, 0.1) is 5.02 Å². The Morgan fingerprint density at radius 2 is 1.82 bits per heavy atom. The lowest BCUT2D eigenvalue weighted by atomic mass is 10.1. The Morgan fingerprint density at radius 1 is 1.14 bits per heavy atom. The minimum Gasteiger partial charge on any atom is -0.326 e. The lowest BCUT2D eigenvalue weighted by molar-refractivity contribution is -0.114. The minimum atomic E-state index is -0.487. The van der Waals surface area contributed by atoms with Crippen LogP contribution < -0.4 is 5.32 Å². The zero-order chi connectivity index (χ0) is 16.1. The molecule has 112 valence electrons. The molecular weight excluding hydrogens is 305 g/mol. The summed E-state index contributed by atoms with van der Waals surface area (Å²) >= 11 is 5.84. The second-order valence-electron chi connectivity index (χ2n) is 4.62. The van der Waals surface area contributed by atoms with E-state index in [-0.39, 0.29) is 22.3 Å². The largest absolute Gasteiger partial charge is 0.326 e. The first-order valence-electron chi connectivity index (χ1n) is 6.51. The molecule has 0 radical (unpaired) electrons. The number of hydrogen-bond donors (Lipinski definition) is 1. The van der Waals surface area contributed by atoms with Crippen LogP contribution in [0.4, 0.5) is 10.1 Å². The van der Waals surface area contributed by atoms with E-state index in [1.807, 2.05) is 0 Å². The Kier molecular flexibility index (Phi) is 5.07. The summed E-state index contributed by atoms with van der Waals surface area (Å²) in [6.07, 6.45) is 2.99. The summed E-state index contributed by atoms with van der Waals surface area (Å²) in [6.45, 7) is 1.43. The average Bonchev–Trinajstić information content (AvgIpc) is 2.45. The number of benzene rings is 2. The summed E-state index contributed by atoms with van der Waals surface area (Å²) in [4.78, 5) is 22.9. The van der Waals surface area contributed by atoms with Crippen molar-refractivity contribution in [2.75, 3.05) is 5.32 Å². The number of nitrogens with one attached hydrogen (secondary N) is 1. The van der Waals surface area contributed by atoms with Gasteiger partial charge in [-0.25, -0.2) is 4.39 Å². The van der Waals surface area contributed by atoms with Crippen LogP contribution >= 0.6 is 11.6 Å². The van der Waals surface area contributed by atoms with Crippen molar-refractivity contribution in [3.8, 4) is 0 Å². The van der Waals surface area contributed by atoms with Gasteiger partial charge in [0.1, 0.15) is 5.82 Å². The van der Waals surface area contributed by atoms with Gasteiger partial charge in [-0.2, -0.15) is 0 Å². The molecule has 1 N–H and O–H groups in total. The average molecular weight is 318 g/mol. The summed E-state index contributed by atoms with van der Waals surface area (Å²) in [7, 11) is 0. The molecule has 1 amide bonds. The van der Waals surface area contributed by atoms with Gasteiger partial charge in [-0.15, -0.1) is 0 Å². The van der Waals surface area contributed by atoms with Gasteiger partial charge in [0.2, 0.25) is 5.91 Å². The molecule has 0 aliphatic rings. The standard InChI is InChI=1S/C17H13ClFNO2/c1-11(21)20-14-6-2-12(3-7-14)4-9-17(22)15-8-5-13(19)10-16(15)18/h2-10H,1H3,(H,20,21)/b9-4+. The van der Waals surface area contributed by atoms with E-state index in [1.165, 1.54) is 25.1 Å². The van der Waals surface area contributed by atoms with Crippen molar-refractivity contribution in [3.05, 3.63) is 70.5 Å². The van der Waals surface area contributed by atoms with Crippen molar-refractivity contribution >= 4 is 35.1 Å². The van der Waals surface area contributed by atoms with Crippen LogP contribution in [0.5, 0.6) is 0 Å². The van der Waals surface area contributed by atoms with Gasteiger partial charge in [0.25, 0.3) is 0 Å². The summed E-state index contributed by atoms with van der Waals surface area (Å²) < 4.78 is 12.9. The van der Waals surface area contributed by atoms with Gasteiger partial charge in [-0.1, -0.05) is 29.8 Å². The van der Waals surface area contributed by atoms with Crippen molar-refractivity contribution in [3.63, 3.8) is 0 Å². The Morgan fingerprint density at radius 3 is 2.41 bits per heavy atom. The monoisotopic (exact) mass is 317 g/mol. The highest BCUT2D eigenvalue weighted by molar-refractivity contribution is 6.34. The predicted octanol–water partition coefficient (Wildman–Crippen LogP) is 4.33. The van der Waals surface area contributed by atoms with E-state index in [0.717, 1.165) is 11.6 Å². The van der Waals surface area contributed by atoms with Crippen molar-refractivity contribution in [1.29, 1.82) is 0 Å². The van der Waals surface area contributed by atoms with Crippen molar-refractivity contribution in [2.24, 2.45) is 0 Å². The fraction of sp³-hybridized carbons (Fsp3) is 0.0588. The fourth-order valence-electron chi connectivity index (χ4n) is 1.83. The van der Waals surface area contributed by atoms with Crippen LogP contribution in [0.15, 0.2) is 48.5 Å². The van der Waals surface area contributed by atoms with Gasteiger partial charge in [-0.3, -0.25) is 9.59 Å². The molecule has 0 fully saturated rings. The summed E-state index contributed by atoms with van der Waals surface area (Å²) in [5.41, 5.74) is 1.72. The Balaban J connectivity index is 2.10. The van der Waals surface area contributed by atoms with E-state index in [9.17, 15) is 14.0 Å². The second kappa shape index (κ2) is 7.00. The Hall–Kier alpha value is -2.46. The smallest absolute Gasteiger partial charge is 0.221 e. The number of allylic oxidation sites excluding steroid dienone is 1. The summed E-state index contributed by atoms with van der Waals surface area (Å²) in [5, 5.41) is 2.73. The second-order valence-corrected chi connectivity index (χ2v) is 5.03. The Labute approximate surface area is 132 Å². The maximum Gasteiger partial charge on any atom is 0.221 e. The minimum absolute atomic E-state index is 0.0793. The van der Waals surface area contributed by atoms with Gasteiger partial charge in [0, 0.05) is 18.2 Å². The molecule has 2 aromatic carbocycles. The van der Waals surface area contributed by atoms with Crippen LogP contribution in [0, 0.1) is 5.82 Å². The van der Waals surface area contributed by atoms with Crippen LogP contribution in [0.2, 0.25) is 5.02 Å². The number of anilines is 1. The van der Waals surface area contributed by atoms with E-state index < -0.39 is 5.82 Å². The molecule has 0 aromatic heterocycles. The third-order valence-electron chi connectivity index (χ3n) is 2.85. The van der Waals surface area contributed by atoms with Gasteiger partial charge in [0.15, 0.2) is 5.78 Å². The van der Waals surface area contributed by atoms with E-state index in [2.05, 4.69) is 5.32 Å². The van der Waals surface area contributed by atoms with Crippen LogP contribution in [-0.2, 0) is 4.79 Å². The number of hydrogen-bond acceptors (Lipinski definition) is 2. The van der Waals surface area contributed by atoms with E-state index in [1.54, 1.807) is 30.3 Å². The SMILES string of the molecule is CC(=O)Nc1ccc(/C=C/C(=O)c2ccc(F)cc2Cl)cc1. The highest BCUT2D eigenvalue weighted by atomic mass is 35.5. The molecule has 3 nitrogen and oxygen atoms in total. The van der Waals surface area contributed by atoms with Crippen molar-refractivity contribution < 1.29 is 14.0 Å². The lowest BCUT2D eigenvalue weighted by Crippen LogP contribution is -2.05. The van der Waals surface area contributed by atoms with E-state index >= 15 is 0 Å². The number of amides is 1. The molecule has 0 saturated carbocycles. The first-order valence-corrected chi connectivity index (χ1v) is 6.88. The van der Waals surface area contributed by atoms with E-state index in [4.69, 9.17) is 11.6 Å². The Bertz CT molecular complexity index is 739. The molecular formula is C17H13ClFNO2. The number of carbonyl (C=O) groups excluding carboxylic acids is 2. The first kappa shape index (κ1) is 15.9. The van der Waals surface area contributed by atoms with Gasteiger partial charge < -0.3 is 5.32 Å². The predicted molar refractivity (Wildman–Crippen MR) is 85.5 cm³/mol. The molecule has 0 saturated heterocycles. The fourth-order valence-corrected chi connectivity index (χ4v) is 2.09. The third kappa shape index (κ3) is 4.27. The number of carbonyl (C=O) groups is 2. The molecule has 2 aromatic rings. The number of halogens is 2. The van der Waals surface area contributed by atoms with Crippen LogP contribution in [0.25, 0.3) is 6.08 Å². The lowest BCUT2D eigenvalue weighted by Gasteiger charge is -2.02. The van der Waals surface area contributed by atoms with Crippen LogP contribution in [-0.4, -0.2) is 11.7 Å². The number of rotatable bonds is 4. The zero-order valence-electron chi connectivity index (χ0n) is 11.8. The van der Waals surface area contributed by atoms with Crippen LogP contribution in [0.1, 0.15) is 22.8 Å². The molecule has 5 heteroatoms. The van der Waals surface area contributed by atoms with Crippen molar-refractivity contribution in [1.82, 2.24) is 0 Å². The van der Waals surface area contributed by atoms with Gasteiger partial charge in [-0.05, 0) is 42.0 Å². The molecule has 0 unspecified atom stereocenters. The molecule has 0 bridgehead atoms. The molecule has 0 aliphatic heterocycles. The summed E-state index contributed by atoms with van der Waals surface area (Å²) in [6, 6.07) is 10.6. The highest BCUT2D eigenvalue weighted by Gasteiger charge is 2.08. The first-order chi connectivity index (χ1) is 10.5. The van der Waals surface area contributed by atoms with Crippen LogP contribution in [0.3, 0.4) is 0 Å². The highest BCUT2D eigenvalue weighted by Crippen LogP contribution is 2.19. The number of ketones is 1. The quantitative estimate of drug-likeness (QED) is 0.673. The maximum atomic E-state index is 12.9. The zero-order valence-corrected chi connectivity index (χ0v) is 12.5. The molecule has 0 atom stereocenters. The third-order valence-corrected chi connectivity index (χ3v) is 3.17. The van der Waals surface area contributed by atoms with E-state index in [0.29, 0.717) is 5.69 Å². The van der Waals surface area contributed by atoms with Gasteiger partial charge >= 0.3 is 0 Å². The normalized spacial score (nSPS) is 10.7. The summed E-state index contributed by atoms with van der Waals surface area (Å²) in [5.74, 6) is -0.945. The molecule has 0 heterocycles.